The molecule has 6 heteroatoms. The van der Waals surface area contributed by atoms with Crippen LogP contribution in [0, 0.1) is 0 Å². The number of hydrogen-bond donors (Lipinski definition) is 0. The van der Waals surface area contributed by atoms with Crippen LogP contribution in [0.15, 0.2) is 48.5 Å². The Balaban J connectivity index is 1.64. The molecule has 2 atom stereocenters. The van der Waals surface area contributed by atoms with Crippen LogP contribution in [0.2, 0.25) is 0 Å². The molecule has 1 fully saturated rings. The molecule has 0 radical (unpaired) electrons. The molecule has 0 bridgehead atoms. The molecule has 2 aromatic carbocycles. The minimum Gasteiger partial charge on any atom is -0.452 e. The zero-order valence-corrected chi connectivity index (χ0v) is 17.6. The van der Waals surface area contributed by atoms with Crippen molar-refractivity contribution in [3.8, 4) is 16.9 Å². The van der Waals surface area contributed by atoms with E-state index in [0.29, 0.717) is 11.3 Å². The van der Waals surface area contributed by atoms with Crippen molar-refractivity contribution in [2.75, 3.05) is 6.61 Å². The standard InChI is InChI=1S/C24H27NO5/c1-16-6-4-7-17(2)25(16)23(27)15-29-24(28)21-9-5-8-20(14-21)19-10-12-22(13-11-19)30-18(3)26/h5,8-14,16-17H,4,6-7,15H2,1-3H3. The van der Waals surface area contributed by atoms with Gasteiger partial charge in [-0.15, -0.1) is 0 Å². The Morgan fingerprint density at radius 2 is 1.63 bits per heavy atom. The first kappa shape index (κ1) is 21.6. The van der Waals surface area contributed by atoms with E-state index in [1.165, 1.54) is 6.92 Å². The Morgan fingerprint density at radius 1 is 0.967 bits per heavy atom. The lowest BCUT2D eigenvalue weighted by Crippen LogP contribution is -2.49. The third-order valence-electron chi connectivity index (χ3n) is 5.36. The second-order valence-electron chi connectivity index (χ2n) is 7.70. The van der Waals surface area contributed by atoms with Gasteiger partial charge in [0.2, 0.25) is 0 Å². The van der Waals surface area contributed by atoms with E-state index in [4.69, 9.17) is 9.47 Å². The first-order valence-corrected chi connectivity index (χ1v) is 10.2. The largest absolute Gasteiger partial charge is 0.452 e. The lowest BCUT2D eigenvalue weighted by Gasteiger charge is -2.38. The van der Waals surface area contributed by atoms with Crippen molar-refractivity contribution < 1.29 is 23.9 Å². The quantitative estimate of drug-likeness (QED) is 0.546. The molecule has 1 heterocycles. The second kappa shape index (κ2) is 9.57. The predicted octanol–water partition coefficient (Wildman–Crippen LogP) is 4.23. The molecule has 2 unspecified atom stereocenters. The smallest absolute Gasteiger partial charge is 0.338 e. The number of carbonyl (C=O) groups is 3. The average Bonchev–Trinajstić information content (AvgIpc) is 2.72. The van der Waals surface area contributed by atoms with Crippen LogP contribution in [0.5, 0.6) is 5.75 Å². The number of piperidine rings is 1. The summed E-state index contributed by atoms with van der Waals surface area (Å²) in [5, 5.41) is 0. The second-order valence-corrected chi connectivity index (χ2v) is 7.70. The zero-order chi connectivity index (χ0) is 21.7. The summed E-state index contributed by atoms with van der Waals surface area (Å²) in [6.07, 6.45) is 3.06. The lowest BCUT2D eigenvalue weighted by molar-refractivity contribution is -0.140. The first-order valence-electron chi connectivity index (χ1n) is 10.2. The van der Waals surface area contributed by atoms with Gasteiger partial charge in [-0.2, -0.15) is 0 Å². The first-order chi connectivity index (χ1) is 14.3. The molecule has 1 saturated heterocycles. The number of nitrogens with zero attached hydrogens (tertiary/aromatic N) is 1. The maximum Gasteiger partial charge on any atom is 0.338 e. The average molecular weight is 409 g/mol. The van der Waals surface area contributed by atoms with Crippen molar-refractivity contribution in [2.24, 2.45) is 0 Å². The number of hydrogen-bond acceptors (Lipinski definition) is 5. The summed E-state index contributed by atoms with van der Waals surface area (Å²) in [5.74, 6) is -0.601. The van der Waals surface area contributed by atoms with Gasteiger partial charge in [0, 0.05) is 19.0 Å². The van der Waals surface area contributed by atoms with Crippen molar-refractivity contribution in [1.82, 2.24) is 4.90 Å². The minimum atomic E-state index is -0.529. The van der Waals surface area contributed by atoms with Gasteiger partial charge in [-0.05, 0) is 68.5 Å². The highest BCUT2D eigenvalue weighted by atomic mass is 16.5. The third-order valence-corrected chi connectivity index (χ3v) is 5.36. The summed E-state index contributed by atoms with van der Waals surface area (Å²) >= 11 is 0. The van der Waals surface area contributed by atoms with Crippen molar-refractivity contribution in [3.63, 3.8) is 0 Å². The monoisotopic (exact) mass is 409 g/mol. The van der Waals surface area contributed by atoms with Crippen molar-refractivity contribution >= 4 is 17.8 Å². The molecular formula is C24H27NO5. The van der Waals surface area contributed by atoms with Crippen molar-refractivity contribution in [3.05, 3.63) is 54.1 Å². The number of ether oxygens (including phenoxy) is 2. The van der Waals surface area contributed by atoms with Gasteiger partial charge in [-0.25, -0.2) is 4.79 Å². The SMILES string of the molecule is CC(=O)Oc1ccc(-c2cccc(C(=O)OCC(=O)N3C(C)CCCC3C)c2)cc1. The third kappa shape index (κ3) is 5.26. The summed E-state index contributed by atoms with van der Waals surface area (Å²) in [5.41, 5.74) is 2.07. The molecule has 6 nitrogen and oxygen atoms in total. The van der Waals surface area contributed by atoms with E-state index >= 15 is 0 Å². The highest BCUT2D eigenvalue weighted by Gasteiger charge is 2.29. The molecule has 0 aliphatic carbocycles. The van der Waals surface area contributed by atoms with Crippen molar-refractivity contribution in [2.45, 2.75) is 52.1 Å². The summed E-state index contributed by atoms with van der Waals surface area (Å²) in [6, 6.07) is 14.4. The lowest BCUT2D eigenvalue weighted by atomic mass is 9.97. The predicted molar refractivity (Wildman–Crippen MR) is 113 cm³/mol. The number of carbonyl (C=O) groups excluding carboxylic acids is 3. The summed E-state index contributed by atoms with van der Waals surface area (Å²) in [4.78, 5) is 37.9. The van der Waals surface area contributed by atoms with E-state index in [1.807, 2.05) is 36.9 Å². The number of rotatable bonds is 5. The van der Waals surface area contributed by atoms with Crippen LogP contribution in [-0.4, -0.2) is 41.4 Å². The van der Waals surface area contributed by atoms with Gasteiger partial charge in [0.15, 0.2) is 6.61 Å². The van der Waals surface area contributed by atoms with Crippen LogP contribution in [0.3, 0.4) is 0 Å². The van der Waals surface area contributed by atoms with Crippen LogP contribution in [0.1, 0.15) is 50.4 Å². The Hall–Kier alpha value is -3.15. The van der Waals surface area contributed by atoms with Crippen molar-refractivity contribution in [1.29, 1.82) is 0 Å². The van der Waals surface area contributed by atoms with Gasteiger partial charge >= 0.3 is 11.9 Å². The van der Waals surface area contributed by atoms with E-state index in [1.54, 1.807) is 30.3 Å². The summed E-state index contributed by atoms with van der Waals surface area (Å²) in [6.45, 7) is 5.16. The van der Waals surface area contributed by atoms with E-state index in [9.17, 15) is 14.4 Å². The minimum absolute atomic E-state index is 0.153. The Labute approximate surface area is 176 Å². The molecule has 0 spiro atoms. The molecule has 1 aliphatic rings. The van der Waals surface area contributed by atoms with Gasteiger partial charge in [-0.1, -0.05) is 24.3 Å². The van der Waals surface area contributed by atoms with E-state index in [0.717, 1.165) is 30.4 Å². The maximum atomic E-state index is 12.6. The van der Waals surface area contributed by atoms with Gasteiger partial charge in [0.05, 0.1) is 5.56 Å². The maximum absolute atomic E-state index is 12.6. The van der Waals surface area contributed by atoms with Gasteiger partial charge in [0.1, 0.15) is 5.75 Å². The molecule has 2 aromatic rings. The molecular weight excluding hydrogens is 382 g/mol. The number of amides is 1. The van der Waals surface area contributed by atoms with E-state index in [-0.39, 0.29) is 30.6 Å². The fourth-order valence-corrected chi connectivity index (χ4v) is 3.91. The van der Waals surface area contributed by atoms with E-state index in [2.05, 4.69) is 0 Å². The highest BCUT2D eigenvalue weighted by molar-refractivity contribution is 5.92. The molecule has 3 rings (SSSR count). The van der Waals surface area contributed by atoms with E-state index < -0.39 is 5.97 Å². The van der Waals surface area contributed by atoms with Crippen LogP contribution in [0.25, 0.3) is 11.1 Å². The Bertz CT molecular complexity index is 911. The number of likely N-dealkylation sites (tertiary alicyclic amines) is 1. The Kier molecular flexibility index (Phi) is 6.87. The van der Waals surface area contributed by atoms with Crippen LogP contribution >= 0.6 is 0 Å². The highest BCUT2D eigenvalue weighted by Crippen LogP contribution is 2.25. The molecule has 1 aliphatic heterocycles. The number of esters is 2. The number of benzene rings is 2. The van der Waals surface area contributed by atoms with Crippen LogP contribution in [-0.2, 0) is 14.3 Å². The fraction of sp³-hybridized carbons (Fsp3) is 0.375. The molecule has 158 valence electrons. The molecule has 0 saturated carbocycles. The summed E-state index contributed by atoms with van der Waals surface area (Å²) in [7, 11) is 0. The molecule has 0 aromatic heterocycles. The van der Waals surface area contributed by atoms with Gasteiger partial charge in [0.25, 0.3) is 5.91 Å². The topological polar surface area (TPSA) is 72.9 Å². The van der Waals surface area contributed by atoms with Gasteiger partial charge in [-0.3, -0.25) is 9.59 Å². The normalized spacial score (nSPS) is 18.6. The summed E-state index contributed by atoms with van der Waals surface area (Å²) < 4.78 is 10.3. The van der Waals surface area contributed by atoms with Crippen LogP contribution < -0.4 is 4.74 Å². The fourth-order valence-electron chi connectivity index (χ4n) is 3.91. The molecule has 0 N–H and O–H groups in total. The van der Waals surface area contributed by atoms with Gasteiger partial charge < -0.3 is 14.4 Å². The Morgan fingerprint density at radius 3 is 2.27 bits per heavy atom. The molecule has 1 amide bonds. The van der Waals surface area contributed by atoms with Crippen LogP contribution in [0.4, 0.5) is 0 Å². The molecule has 30 heavy (non-hydrogen) atoms. The zero-order valence-electron chi connectivity index (χ0n) is 17.6.